The summed E-state index contributed by atoms with van der Waals surface area (Å²) in [5.41, 5.74) is 0.867. The molecular formula is C11H12N2O2. The maximum absolute atomic E-state index is 9.81. The molecule has 4 heteroatoms. The number of benzene rings is 1. The van der Waals surface area contributed by atoms with E-state index in [2.05, 4.69) is 5.16 Å². The van der Waals surface area contributed by atoms with Crippen molar-refractivity contribution >= 4 is 5.71 Å². The first-order valence-corrected chi connectivity index (χ1v) is 4.60. The molecule has 1 aromatic carbocycles. The maximum atomic E-state index is 9.81. The number of nitrogens with zero attached hydrogens (tertiary/aromatic N) is 2. The van der Waals surface area contributed by atoms with E-state index in [4.69, 9.17) is 10.5 Å². The van der Waals surface area contributed by atoms with Crippen LogP contribution in [0, 0.1) is 11.3 Å². The zero-order valence-corrected chi connectivity index (χ0v) is 8.17. The summed E-state index contributed by atoms with van der Waals surface area (Å²) in [6, 6.07) is 10.8. The number of aliphatic hydroxyl groups is 1. The Morgan fingerprint density at radius 3 is 2.60 bits per heavy atom. The van der Waals surface area contributed by atoms with Crippen molar-refractivity contribution in [1.82, 2.24) is 0 Å². The van der Waals surface area contributed by atoms with Crippen molar-refractivity contribution in [2.75, 3.05) is 0 Å². The molecule has 2 N–H and O–H groups in total. The highest BCUT2D eigenvalue weighted by Gasteiger charge is 2.14. The van der Waals surface area contributed by atoms with Crippen molar-refractivity contribution in [3.63, 3.8) is 0 Å². The van der Waals surface area contributed by atoms with E-state index in [-0.39, 0.29) is 18.6 Å². The van der Waals surface area contributed by atoms with E-state index < -0.39 is 6.10 Å². The highest BCUT2D eigenvalue weighted by molar-refractivity contribution is 5.89. The summed E-state index contributed by atoms with van der Waals surface area (Å²) in [7, 11) is 0. The van der Waals surface area contributed by atoms with E-state index in [0.29, 0.717) is 5.56 Å². The Morgan fingerprint density at radius 2 is 2.07 bits per heavy atom. The molecule has 0 aliphatic carbocycles. The zero-order valence-electron chi connectivity index (χ0n) is 8.17. The van der Waals surface area contributed by atoms with E-state index in [1.165, 1.54) is 0 Å². The lowest BCUT2D eigenvalue weighted by molar-refractivity contribution is 0.231. The van der Waals surface area contributed by atoms with Gasteiger partial charge in [0.1, 0.15) is 6.10 Å². The fraction of sp³-hybridized carbons (Fsp3) is 0.273. The standard InChI is InChI=1S/C11H12N2O2/c12-8-4-7-10(13-15)11(14)9-5-2-1-3-6-9/h1-3,5-6,11,14-15H,4,7H2/b13-10-. The van der Waals surface area contributed by atoms with Crippen LogP contribution in [0.2, 0.25) is 0 Å². The number of hydrogen-bond acceptors (Lipinski definition) is 4. The summed E-state index contributed by atoms with van der Waals surface area (Å²) < 4.78 is 0. The Bertz CT molecular complexity index is 368. The molecule has 0 saturated heterocycles. The quantitative estimate of drug-likeness (QED) is 0.446. The molecule has 1 aromatic rings. The molecule has 15 heavy (non-hydrogen) atoms. The molecule has 0 aliphatic rings. The summed E-state index contributed by atoms with van der Waals surface area (Å²) in [6.45, 7) is 0. The second kappa shape index (κ2) is 5.78. The predicted molar refractivity (Wildman–Crippen MR) is 55.5 cm³/mol. The van der Waals surface area contributed by atoms with Gasteiger partial charge in [0.2, 0.25) is 0 Å². The second-order valence-electron chi connectivity index (χ2n) is 3.06. The normalized spacial score (nSPS) is 13.2. The average Bonchev–Trinajstić information content (AvgIpc) is 2.31. The molecule has 4 nitrogen and oxygen atoms in total. The summed E-state index contributed by atoms with van der Waals surface area (Å²) in [5, 5.41) is 29.9. The van der Waals surface area contributed by atoms with Crippen molar-refractivity contribution in [1.29, 1.82) is 5.26 Å². The van der Waals surface area contributed by atoms with Crippen LogP contribution >= 0.6 is 0 Å². The van der Waals surface area contributed by atoms with E-state index in [1.807, 2.05) is 12.1 Å². The van der Waals surface area contributed by atoms with Gasteiger partial charge in [0.05, 0.1) is 11.8 Å². The van der Waals surface area contributed by atoms with Gasteiger partial charge in [-0.3, -0.25) is 0 Å². The Kier molecular flexibility index (Phi) is 4.32. The van der Waals surface area contributed by atoms with Gasteiger partial charge in [-0.2, -0.15) is 5.26 Å². The van der Waals surface area contributed by atoms with Gasteiger partial charge in [-0.15, -0.1) is 0 Å². The number of rotatable bonds is 4. The molecule has 0 saturated carbocycles. The molecule has 1 rings (SSSR count). The van der Waals surface area contributed by atoms with Gasteiger partial charge in [0.15, 0.2) is 0 Å². The van der Waals surface area contributed by atoms with Crippen LogP contribution in [0.15, 0.2) is 35.5 Å². The molecule has 1 atom stereocenters. The van der Waals surface area contributed by atoms with Crippen molar-refractivity contribution < 1.29 is 10.3 Å². The Balaban J connectivity index is 2.75. The topological polar surface area (TPSA) is 76.6 Å². The molecule has 0 heterocycles. The Morgan fingerprint density at radius 1 is 1.40 bits per heavy atom. The molecule has 0 radical (unpaired) electrons. The van der Waals surface area contributed by atoms with E-state index >= 15 is 0 Å². The molecule has 0 bridgehead atoms. The maximum Gasteiger partial charge on any atom is 0.120 e. The first-order valence-electron chi connectivity index (χ1n) is 4.60. The summed E-state index contributed by atoms with van der Waals surface area (Å²) in [6.07, 6.45) is -0.448. The third kappa shape index (κ3) is 3.08. The van der Waals surface area contributed by atoms with Crippen LogP contribution in [0.3, 0.4) is 0 Å². The van der Waals surface area contributed by atoms with Crippen LogP contribution in [-0.4, -0.2) is 16.0 Å². The largest absolute Gasteiger partial charge is 0.411 e. The first kappa shape index (κ1) is 11.2. The van der Waals surface area contributed by atoms with Crippen LogP contribution < -0.4 is 0 Å². The van der Waals surface area contributed by atoms with Gasteiger partial charge in [-0.1, -0.05) is 35.5 Å². The number of nitriles is 1. The van der Waals surface area contributed by atoms with Crippen molar-refractivity contribution in [3.8, 4) is 6.07 Å². The third-order valence-electron chi connectivity index (χ3n) is 2.05. The smallest absolute Gasteiger partial charge is 0.120 e. The predicted octanol–water partition coefficient (Wildman–Crippen LogP) is 1.85. The summed E-state index contributed by atoms with van der Waals surface area (Å²) in [5.74, 6) is 0. The molecule has 78 valence electrons. The van der Waals surface area contributed by atoms with Crippen molar-refractivity contribution in [3.05, 3.63) is 35.9 Å². The Hall–Kier alpha value is -1.86. The molecule has 0 aromatic heterocycles. The van der Waals surface area contributed by atoms with Gasteiger partial charge in [-0.05, 0) is 5.56 Å². The van der Waals surface area contributed by atoms with E-state index in [0.717, 1.165) is 0 Å². The van der Waals surface area contributed by atoms with Crippen molar-refractivity contribution in [2.45, 2.75) is 18.9 Å². The summed E-state index contributed by atoms with van der Waals surface area (Å²) in [4.78, 5) is 0. The minimum Gasteiger partial charge on any atom is -0.411 e. The molecule has 0 amide bonds. The fourth-order valence-corrected chi connectivity index (χ4v) is 1.25. The lowest BCUT2D eigenvalue weighted by Gasteiger charge is -2.11. The average molecular weight is 204 g/mol. The number of oxime groups is 1. The van der Waals surface area contributed by atoms with Gasteiger partial charge in [0.25, 0.3) is 0 Å². The molecule has 1 unspecified atom stereocenters. The van der Waals surface area contributed by atoms with Crippen LogP contribution in [-0.2, 0) is 0 Å². The zero-order chi connectivity index (χ0) is 11.1. The van der Waals surface area contributed by atoms with Crippen molar-refractivity contribution in [2.24, 2.45) is 5.16 Å². The molecular weight excluding hydrogens is 192 g/mol. The van der Waals surface area contributed by atoms with Gasteiger partial charge >= 0.3 is 0 Å². The van der Waals surface area contributed by atoms with E-state index in [1.54, 1.807) is 24.3 Å². The van der Waals surface area contributed by atoms with Gasteiger partial charge in [0, 0.05) is 12.8 Å². The fourth-order valence-electron chi connectivity index (χ4n) is 1.25. The highest BCUT2D eigenvalue weighted by Crippen LogP contribution is 2.16. The van der Waals surface area contributed by atoms with Crippen LogP contribution in [0.1, 0.15) is 24.5 Å². The minimum atomic E-state index is -0.940. The SMILES string of the molecule is N#CCC/C(=N/O)C(O)c1ccccc1. The van der Waals surface area contributed by atoms with Crippen LogP contribution in [0.4, 0.5) is 0 Å². The van der Waals surface area contributed by atoms with Gasteiger partial charge in [-0.25, -0.2) is 0 Å². The lowest BCUT2D eigenvalue weighted by Crippen LogP contribution is -2.12. The first-order chi connectivity index (χ1) is 7.29. The lowest BCUT2D eigenvalue weighted by atomic mass is 10.0. The molecule has 0 aliphatic heterocycles. The second-order valence-corrected chi connectivity index (χ2v) is 3.06. The number of aliphatic hydroxyl groups excluding tert-OH is 1. The molecule has 0 fully saturated rings. The monoisotopic (exact) mass is 204 g/mol. The summed E-state index contributed by atoms with van der Waals surface area (Å²) >= 11 is 0. The molecule has 0 spiro atoms. The van der Waals surface area contributed by atoms with Crippen LogP contribution in [0.25, 0.3) is 0 Å². The minimum absolute atomic E-state index is 0.211. The number of hydrogen-bond donors (Lipinski definition) is 2. The highest BCUT2D eigenvalue weighted by atomic mass is 16.4. The third-order valence-corrected chi connectivity index (χ3v) is 2.05. The Labute approximate surface area is 88.1 Å². The van der Waals surface area contributed by atoms with E-state index in [9.17, 15) is 5.11 Å². The van der Waals surface area contributed by atoms with Gasteiger partial charge < -0.3 is 10.3 Å². The van der Waals surface area contributed by atoms with Crippen LogP contribution in [0.5, 0.6) is 0 Å².